The maximum Gasteiger partial charge on any atom is 0.323 e. The summed E-state index contributed by atoms with van der Waals surface area (Å²) in [7, 11) is 0. The number of hydrogen-bond acceptors (Lipinski definition) is 4. The Balaban J connectivity index is 1.39. The Morgan fingerprint density at radius 3 is 2.37 bits per heavy atom. The van der Waals surface area contributed by atoms with Gasteiger partial charge in [0.1, 0.15) is 0 Å². The molecule has 0 spiro atoms. The van der Waals surface area contributed by atoms with Gasteiger partial charge in [-0.2, -0.15) is 5.10 Å². The zero-order valence-corrected chi connectivity index (χ0v) is 15.0. The highest BCUT2D eigenvalue weighted by molar-refractivity contribution is 5.88. The molecule has 6 nitrogen and oxygen atoms in total. The number of piperazine rings is 1. The number of anilines is 2. The topological polar surface area (TPSA) is 61.4 Å². The molecule has 136 valence electrons. The van der Waals surface area contributed by atoms with Gasteiger partial charge in [0.15, 0.2) is 5.82 Å². The van der Waals surface area contributed by atoms with E-state index in [1.807, 2.05) is 11.0 Å². The quantitative estimate of drug-likeness (QED) is 0.777. The van der Waals surface area contributed by atoms with Gasteiger partial charge in [0.2, 0.25) is 0 Å². The van der Waals surface area contributed by atoms with Crippen LogP contribution >= 0.6 is 0 Å². The second-order valence-electron chi connectivity index (χ2n) is 6.43. The highest BCUT2D eigenvalue weighted by Crippen LogP contribution is 2.25. The van der Waals surface area contributed by atoms with Gasteiger partial charge in [-0.25, -0.2) is 4.79 Å². The zero-order valence-electron chi connectivity index (χ0n) is 15.0. The van der Waals surface area contributed by atoms with E-state index in [-0.39, 0.29) is 6.03 Å². The maximum absolute atomic E-state index is 12.4. The van der Waals surface area contributed by atoms with E-state index in [0.29, 0.717) is 18.9 Å². The Labute approximate surface area is 158 Å². The number of carbonyl (C=O) groups is 1. The fourth-order valence-electron chi connectivity index (χ4n) is 3.24. The molecule has 0 saturated carbocycles. The summed E-state index contributed by atoms with van der Waals surface area (Å²) >= 11 is 0. The number of aromatic nitrogens is 2. The van der Waals surface area contributed by atoms with E-state index >= 15 is 0 Å². The van der Waals surface area contributed by atoms with Crippen molar-refractivity contribution in [2.24, 2.45) is 0 Å². The van der Waals surface area contributed by atoms with Gasteiger partial charge >= 0.3 is 6.03 Å². The average molecular weight is 359 g/mol. The molecule has 0 unspecified atom stereocenters. The van der Waals surface area contributed by atoms with Crippen LogP contribution in [-0.2, 0) is 0 Å². The normalized spacial score (nSPS) is 14.1. The second-order valence-corrected chi connectivity index (χ2v) is 6.43. The molecule has 2 amide bonds. The summed E-state index contributed by atoms with van der Waals surface area (Å²) in [4.78, 5) is 16.5. The van der Waals surface area contributed by atoms with Crippen LogP contribution in [0, 0.1) is 0 Å². The minimum absolute atomic E-state index is 0.131. The summed E-state index contributed by atoms with van der Waals surface area (Å²) < 4.78 is 0. The highest BCUT2D eigenvalue weighted by atomic mass is 16.2. The van der Waals surface area contributed by atoms with Crippen molar-refractivity contribution in [1.29, 1.82) is 0 Å². The zero-order chi connectivity index (χ0) is 18.5. The summed E-state index contributed by atoms with van der Waals surface area (Å²) in [6.45, 7) is 2.93. The number of rotatable bonds is 3. The fourth-order valence-corrected chi connectivity index (χ4v) is 3.24. The summed E-state index contributed by atoms with van der Waals surface area (Å²) in [6, 6.07) is 22.3. The van der Waals surface area contributed by atoms with Crippen molar-refractivity contribution >= 4 is 17.5 Å². The molecule has 6 heteroatoms. The van der Waals surface area contributed by atoms with Crippen LogP contribution in [0.2, 0.25) is 0 Å². The Kier molecular flexibility index (Phi) is 4.96. The van der Waals surface area contributed by atoms with Crippen LogP contribution in [-0.4, -0.2) is 47.3 Å². The molecule has 0 bridgehead atoms. The van der Waals surface area contributed by atoms with Crippen LogP contribution < -0.4 is 10.2 Å². The standard InChI is InChI=1S/C21H21N5O/c27-21(23-20-10-5-11-22-24-20)26-14-12-25(13-15-26)19-9-4-8-18(16-19)17-6-2-1-3-7-17/h1-11,16H,12-15H2,(H,23,24,27). The van der Waals surface area contributed by atoms with Crippen LogP contribution in [0.1, 0.15) is 0 Å². The molecule has 1 saturated heterocycles. The molecule has 3 aromatic rings. The maximum atomic E-state index is 12.4. The summed E-state index contributed by atoms with van der Waals surface area (Å²) in [5.41, 5.74) is 3.60. The lowest BCUT2D eigenvalue weighted by molar-refractivity contribution is 0.208. The van der Waals surface area contributed by atoms with Crippen LogP contribution in [0.15, 0.2) is 72.9 Å². The largest absolute Gasteiger partial charge is 0.368 e. The third-order valence-corrected chi connectivity index (χ3v) is 4.69. The lowest BCUT2D eigenvalue weighted by Gasteiger charge is -2.36. The van der Waals surface area contributed by atoms with Gasteiger partial charge in [-0.15, -0.1) is 5.10 Å². The van der Waals surface area contributed by atoms with Crippen LogP contribution in [0.5, 0.6) is 0 Å². The van der Waals surface area contributed by atoms with Crippen molar-refractivity contribution in [3.05, 3.63) is 72.9 Å². The molecule has 27 heavy (non-hydrogen) atoms. The molecule has 1 aromatic heterocycles. The third-order valence-electron chi connectivity index (χ3n) is 4.69. The summed E-state index contributed by atoms with van der Waals surface area (Å²) in [5.74, 6) is 0.473. The lowest BCUT2D eigenvalue weighted by atomic mass is 10.0. The predicted octanol–water partition coefficient (Wildman–Crippen LogP) is 3.50. The van der Waals surface area contributed by atoms with Crippen molar-refractivity contribution < 1.29 is 4.79 Å². The van der Waals surface area contributed by atoms with Crippen molar-refractivity contribution in [2.45, 2.75) is 0 Å². The minimum atomic E-state index is -0.131. The Hall–Kier alpha value is -3.41. The number of urea groups is 1. The molecular weight excluding hydrogens is 338 g/mol. The van der Waals surface area contributed by atoms with Gasteiger partial charge < -0.3 is 9.80 Å². The number of nitrogens with one attached hydrogen (secondary N) is 1. The SMILES string of the molecule is O=C(Nc1cccnn1)N1CCN(c2cccc(-c3ccccc3)c2)CC1. The lowest BCUT2D eigenvalue weighted by Crippen LogP contribution is -2.50. The first-order valence-corrected chi connectivity index (χ1v) is 9.04. The molecule has 1 aliphatic heterocycles. The Morgan fingerprint density at radius 1 is 0.852 bits per heavy atom. The fraction of sp³-hybridized carbons (Fsp3) is 0.190. The molecular formula is C21H21N5O. The molecule has 0 aliphatic carbocycles. The first-order chi connectivity index (χ1) is 13.3. The third kappa shape index (κ3) is 4.06. The van der Waals surface area contributed by atoms with E-state index in [2.05, 4.69) is 68.9 Å². The number of amides is 2. The smallest absolute Gasteiger partial charge is 0.323 e. The molecule has 2 heterocycles. The van der Waals surface area contributed by atoms with Crippen molar-refractivity contribution in [1.82, 2.24) is 15.1 Å². The number of carbonyl (C=O) groups excluding carboxylic acids is 1. The van der Waals surface area contributed by atoms with Crippen molar-refractivity contribution in [3.8, 4) is 11.1 Å². The molecule has 1 fully saturated rings. The Morgan fingerprint density at radius 2 is 1.63 bits per heavy atom. The van der Waals surface area contributed by atoms with Crippen molar-refractivity contribution in [3.63, 3.8) is 0 Å². The highest BCUT2D eigenvalue weighted by Gasteiger charge is 2.21. The van der Waals surface area contributed by atoms with Crippen LogP contribution in [0.25, 0.3) is 11.1 Å². The molecule has 0 atom stereocenters. The van der Waals surface area contributed by atoms with Gasteiger partial charge in [0.05, 0.1) is 0 Å². The molecule has 1 aliphatic rings. The molecule has 4 rings (SSSR count). The van der Waals surface area contributed by atoms with E-state index in [9.17, 15) is 4.79 Å². The molecule has 0 radical (unpaired) electrons. The van der Waals surface area contributed by atoms with E-state index in [0.717, 1.165) is 13.1 Å². The molecule has 1 N–H and O–H groups in total. The second kappa shape index (κ2) is 7.86. The number of hydrogen-bond donors (Lipinski definition) is 1. The van der Waals surface area contributed by atoms with E-state index < -0.39 is 0 Å². The number of nitrogens with zero attached hydrogens (tertiary/aromatic N) is 4. The van der Waals surface area contributed by atoms with Gasteiger partial charge in [0.25, 0.3) is 0 Å². The summed E-state index contributed by atoms with van der Waals surface area (Å²) in [5, 5.41) is 10.5. The Bertz CT molecular complexity index is 893. The predicted molar refractivity (Wildman–Crippen MR) is 107 cm³/mol. The van der Waals surface area contributed by atoms with Gasteiger partial charge in [-0.3, -0.25) is 5.32 Å². The van der Waals surface area contributed by atoms with Crippen LogP contribution in [0.4, 0.5) is 16.3 Å². The average Bonchev–Trinajstić information content (AvgIpc) is 2.75. The van der Waals surface area contributed by atoms with Gasteiger partial charge in [-0.05, 0) is 35.4 Å². The van der Waals surface area contributed by atoms with E-state index in [1.165, 1.54) is 16.8 Å². The number of benzene rings is 2. The first-order valence-electron chi connectivity index (χ1n) is 9.04. The van der Waals surface area contributed by atoms with Crippen LogP contribution in [0.3, 0.4) is 0 Å². The monoisotopic (exact) mass is 359 g/mol. The minimum Gasteiger partial charge on any atom is -0.368 e. The van der Waals surface area contributed by atoms with Gasteiger partial charge in [0, 0.05) is 38.1 Å². The van der Waals surface area contributed by atoms with E-state index in [4.69, 9.17) is 0 Å². The summed E-state index contributed by atoms with van der Waals surface area (Å²) in [6.07, 6.45) is 1.58. The molecule has 2 aromatic carbocycles. The van der Waals surface area contributed by atoms with E-state index in [1.54, 1.807) is 18.3 Å². The first kappa shape index (κ1) is 17.0. The van der Waals surface area contributed by atoms with Crippen molar-refractivity contribution in [2.75, 3.05) is 36.4 Å². The van der Waals surface area contributed by atoms with Gasteiger partial charge in [-0.1, -0.05) is 42.5 Å².